The van der Waals surface area contributed by atoms with E-state index in [1.165, 1.54) is 0 Å². The number of anilines is 1. The third-order valence-corrected chi connectivity index (χ3v) is 3.48. The van der Waals surface area contributed by atoms with Crippen molar-refractivity contribution in [2.45, 2.75) is 19.2 Å². The molecule has 1 amide bonds. The van der Waals surface area contributed by atoms with Gasteiger partial charge in [0.2, 0.25) is 5.91 Å². The number of hydrogen-bond acceptors (Lipinski definition) is 1. The molecule has 1 N–H and O–H groups in total. The summed E-state index contributed by atoms with van der Waals surface area (Å²) in [4.78, 5) is 12.2. The monoisotopic (exact) mass is 273 g/mol. The molecule has 0 aliphatic heterocycles. The molecule has 0 spiro atoms. The Kier molecular flexibility index (Phi) is 4.23. The van der Waals surface area contributed by atoms with Gasteiger partial charge in [0.15, 0.2) is 0 Å². The van der Waals surface area contributed by atoms with Gasteiger partial charge in [0.05, 0.1) is 0 Å². The number of alkyl halides is 1. The highest BCUT2D eigenvalue weighted by atomic mass is 35.5. The molecular formula is C16H16ClNO. The van der Waals surface area contributed by atoms with Crippen molar-refractivity contribution in [3.63, 3.8) is 0 Å². The predicted octanol–water partition coefficient (Wildman–Crippen LogP) is 4.22. The highest BCUT2D eigenvalue weighted by molar-refractivity contribution is 6.32. The van der Waals surface area contributed by atoms with Gasteiger partial charge in [-0.15, -0.1) is 11.6 Å². The van der Waals surface area contributed by atoms with E-state index >= 15 is 0 Å². The highest BCUT2D eigenvalue weighted by Gasteiger charge is 2.21. The first-order valence-corrected chi connectivity index (χ1v) is 6.59. The smallest absolute Gasteiger partial charge is 0.246 e. The lowest BCUT2D eigenvalue weighted by molar-refractivity contribution is -0.116. The summed E-state index contributed by atoms with van der Waals surface area (Å²) in [5, 5.41) is 2.14. The molecule has 98 valence electrons. The molecule has 0 aliphatic rings. The number of hydrogen-bond donors (Lipinski definition) is 1. The van der Waals surface area contributed by atoms with E-state index in [4.69, 9.17) is 11.6 Å². The largest absolute Gasteiger partial charge is 0.325 e. The molecule has 0 aliphatic carbocycles. The fraction of sp³-hybridized carbons (Fsp3) is 0.188. The van der Waals surface area contributed by atoms with E-state index in [0.29, 0.717) is 0 Å². The van der Waals surface area contributed by atoms with Gasteiger partial charge in [0, 0.05) is 5.69 Å². The Morgan fingerprint density at radius 2 is 1.58 bits per heavy atom. The van der Waals surface area contributed by atoms with Crippen molar-refractivity contribution >= 4 is 23.2 Å². The number of carbonyl (C=O) groups excluding carboxylic acids is 1. The first-order valence-electron chi connectivity index (χ1n) is 6.15. The molecule has 0 saturated carbocycles. The standard InChI is InChI=1S/C16H16ClNO/c1-11-7-6-8-12(2)14(11)15(17)16(19)18-13-9-4-3-5-10-13/h3-10,15H,1-2H3,(H,18,19). The van der Waals surface area contributed by atoms with Crippen LogP contribution in [0, 0.1) is 13.8 Å². The van der Waals surface area contributed by atoms with E-state index in [0.717, 1.165) is 22.4 Å². The Labute approximate surface area is 118 Å². The molecule has 0 aromatic heterocycles. The number of rotatable bonds is 3. The van der Waals surface area contributed by atoms with Crippen molar-refractivity contribution in [1.82, 2.24) is 0 Å². The maximum absolute atomic E-state index is 12.2. The Bertz CT molecular complexity index is 560. The van der Waals surface area contributed by atoms with Crippen LogP contribution in [0.3, 0.4) is 0 Å². The Balaban J connectivity index is 2.20. The number of benzene rings is 2. The number of aryl methyl sites for hydroxylation is 2. The third-order valence-electron chi connectivity index (χ3n) is 3.07. The summed E-state index contributed by atoms with van der Waals surface area (Å²) in [6.07, 6.45) is 0. The topological polar surface area (TPSA) is 29.1 Å². The number of para-hydroxylation sites is 1. The lowest BCUT2D eigenvalue weighted by Crippen LogP contribution is -2.18. The number of nitrogens with one attached hydrogen (secondary N) is 1. The van der Waals surface area contributed by atoms with Gasteiger partial charge in [-0.1, -0.05) is 36.4 Å². The molecule has 1 unspecified atom stereocenters. The second kappa shape index (κ2) is 5.89. The summed E-state index contributed by atoms with van der Waals surface area (Å²) in [6, 6.07) is 15.2. The fourth-order valence-electron chi connectivity index (χ4n) is 2.09. The Morgan fingerprint density at radius 3 is 2.16 bits per heavy atom. The van der Waals surface area contributed by atoms with Crippen LogP contribution in [0.25, 0.3) is 0 Å². The minimum Gasteiger partial charge on any atom is -0.325 e. The minimum absolute atomic E-state index is 0.203. The molecule has 2 nitrogen and oxygen atoms in total. The zero-order valence-electron chi connectivity index (χ0n) is 11.0. The quantitative estimate of drug-likeness (QED) is 0.834. The summed E-state index contributed by atoms with van der Waals surface area (Å²) >= 11 is 6.31. The van der Waals surface area contributed by atoms with Crippen molar-refractivity contribution < 1.29 is 4.79 Å². The molecule has 2 aromatic carbocycles. The molecule has 0 bridgehead atoms. The molecule has 0 saturated heterocycles. The number of carbonyl (C=O) groups is 1. The van der Waals surface area contributed by atoms with Crippen LogP contribution < -0.4 is 5.32 Å². The van der Waals surface area contributed by atoms with Crippen molar-refractivity contribution in [3.05, 3.63) is 65.2 Å². The fourth-order valence-corrected chi connectivity index (χ4v) is 2.48. The van der Waals surface area contributed by atoms with Crippen molar-refractivity contribution in [2.75, 3.05) is 5.32 Å². The van der Waals surface area contributed by atoms with Crippen LogP contribution in [0.4, 0.5) is 5.69 Å². The van der Waals surface area contributed by atoms with Gasteiger partial charge in [0.25, 0.3) is 0 Å². The van der Waals surface area contributed by atoms with Crippen molar-refractivity contribution in [2.24, 2.45) is 0 Å². The van der Waals surface area contributed by atoms with Gasteiger partial charge in [-0.05, 0) is 42.7 Å². The molecule has 19 heavy (non-hydrogen) atoms. The van der Waals surface area contributed by atoms with E-state index in [1.807, 2.05) is 62.4 Å². The maximum Gasteiger partial charge on any atom is 0.246 e. The van der Waals surface area contributed by atoms with Gasteiger partial charge in [-0.3, -0.25) is 4.79 Å². The van der Waals surface area contributed by atoms with Gasteiger partial charge in [-0.25, -0.2) is 0 Å². The maximum atomic E-state index is 12.2. The van der Waals surface area contributed by atoms with E-state index in [-0.39, 0.29) is 5.91 Å². The number of amides is 1. The van der Waals surface area contributed by atoms with Crippen LogP contribution in [0.1, 0.15) is 22.1 Å². The lowest BCUT2D eigenvalue weighted by Gasteiger charge is -2.15. The van der Waals surface area contributed by atoms with E-state index in [2.05, 4.69) is 5.32 Å². The van der Waals surface area contributed by atoms with Crippen LogP contribution >= 0.6 is 11.6 Å². The Morgan fingerprint density at radius 1 is 1.00 bits per heavy atom. The molecule has 0 radical (unpaired) electrons. The number of halogens is 1. The van der Waals surface area contributed by atoms with Gasteiger partial charge >= 0.3 is 0 Å². The van der Waals surface area contributed by atoms with E-state index < -0.39 is 5.38 Å². The summed E-state index contributed by atoms with van der Waals surface area (Å²) in [5.41, 5.74) is 3.70. The van der Waals surface area contributed by atoms with Gasteiger partial charge < -0.3 is 5.32 Å². The predicted molar refractivity (Wildman–Crippen MR) is 79.6 cm³/mol. The first-order chi connectivity index (χ1) is 9.09. The first kappa shape index (κ1) is 13.6. The summed E-state index contributed by atoms with van der Waals surface area (Å²) < 4.78 is 0. The SMILES string of the molecule is Cc1cccc(C)c1C(Cl)C(=O)Nc1ccccc1. The normalized spacial score (nSPS) is 11.9. The minimum atomic E-state index is -0.679. The Hall–Kier alpha value is -1.80. The summed E-state index contributed by atoms with van der Waals surface area (Å²) in [6.45, 7) is 3.93. The molecule has 2 rings (SSSR count). The van der Waals surface area contributed by atoms with Gasteiger partial charge in [-0.2, -0.15) is 0 Å². The third kappa shape index (κ3) is 3.15. The average molecular weight is 274 g/mol. The molecule has 0 heterocycles. The second-order valence-electron chi connectivity index (χ2n) is 4.52. The molecule has 0 fully saturated rings. The van der Waals surface area contributed by atoms with Crippen LogP contribution in [0.15, 0.2) is 48.5 Å². The highest BCUT2D eigenvalue weighted by Crippen LogP contribution is 2.28. The van der Waals surface area contributed by atoms with Crippen LogP contribution in [-0.4, -0.2) is 5.91 Å². The van der Waals surface area contributed by atoms with E-state index in [9.17, 15) is 4.79 Å². The molecule has 1 atom stereocenters. The second-order valence-corrected chi connectivity index (χ2v) is 4.96. The lowest BCUT2D eigenvalue weighted by atomic mass is 9.99. The average Bonchev–Trinajstić information content (AvgIpc) is 2.39. The van der Waals surface area contributed by atoms with Crippen LogP contribution in [0.5, 0.6) is 0 Å². The summed E-state index contributed by atoms with van der Waals surface area (Å²) in [7, 11) is 0. The zero-order chi connectivity index (χ0) is 13.8. The van der Waals surface area contributed by atoms with Crippen LogP contribution in [0.2, 0.25) is 0 Å². The van der Waals surface area contributed by atoms with E-state index in [1.54, 1.807) is 0 Å². The molecule has 2 aromatic rings. The molecular weight excluding hydrogens is 258 g/mol. The van der Waals surface area contributed by atoms with Gasteiger partial charge in [0.1, 0.15) is 5.38 Å². The molecule has 3 heteroatoms. The zero-order valence-corrected chi connectivity index (χ0v) is 11.7. The van der Waals surface area contributed by atoms with Crippen molar-refractivity contribution in [1.29, 1.82) is 0 Å². The summed E-state index contributed by atoms with van der Waals surface area (Å²) in [5.74, 6) is -0.203. The van der Waals surface area contributed by atoms with Crippen LogP contribution in [-0.2, 0) is 4.79 Å². The van der Waals surface area contributed by atoms with Crippen molar-refractivity contribution in [3.8, 4) is 0 Å².